The molecule has 1 aliphatic heterocycles. The maximum Gasteiger partial charge on any atom is 0.252 e. The summed E-state index contributed by atoms with van der Waals surface area (Å²) in [6.07, 6.45) is 4.65. The van der Waals surface area contributed by atoms with Crippen LogP contribution in [0.3, 0.4) is 0 Å². The molecular weight excluding hydrogens is 412 g/mol. The molecule has 1 aliphatic rings. The second kappa shape index (κ2) is 7.99. The number of carbonyl (C=O) groups excluding carboxylic acids is 1. The molecule has 0 bridgehead atoms. The normalized spacial score (nSPS) is 13.5. The number of carbonyl (C=O) groups is 1. The van der Waals surface area contributed by atoms with E-state index in [1.54, 1.807) is 23.5 Å². The lowest BCUT2D eigenvalue weighted by molar-refractivity contribution is 0.100. The quantitative estimate of drug-likeness (QED) is 0.497. The van der Waals surface area contributed by atoms with Crippen LogP contribution in [0.5, 0.6) is 5.75 Å². The number of aromatic nitrogens is 4. The second-order valence-corrected chi connectivity index (χ2v) is 8.47. The van der Waals surface area contributed by atoms with Gasteiger partial charge in [-0.25, -0.2) is 15.0 Å². The Bertz CT molecular complexity index is 1260. The molecule has 158 valence electrons. The van der Waals surface area contributed by atoms with Crippen LogP contribution in [0.1, 0.15) is 39.5 Å². The highest BCUT2D eigenvalue weighted by Gasteiger charge is 2.23. The maximum atomic E-state index is 11.9. The molecule has 3 N–H and O–H groups in total. The molecule has 0 fully saturated rings. The zero-order valence-corrected chi connectivity index (χ0v) is 17.9. The van der Waals surface area contributed by atoms with Crippen LogP contribution in [-0.2, 0) is 13.0 Å². The smallest absolute Gasteiger partial charge is 0.252 e. The molecule has 0 aromatic carbocycles. The van der Waals surface area contributed by atoms with Crippen molar-refractivity contribution in [2.45, 2.75) is 32.7 Å². The first-order chi connectivity index (χ1) is 15.1. The monoisotopic (exact) mass is 434 g/mol. The number of aryl methyl sites for hydroxylation is 2. The first-order valence-electron chi connectivity index (χ1n) is 10.2. The molecule has 4 aromatic rings. The topological polar surface area (TPSA) is 107 Å². The average molecular weight is 435 g/mol. The van der Waals surface area contributed by atoms with Crippen LogP contribution < -0.4 is 15.8 Å². The predicted octanol–water partition coefficient (Wildman–Crippen LogP) is 3.59. The second-order valence-electron chi connectivity index (χ2n) is 7.44. The summed E-state index contributed by atoms with van der Waals surface area (Å²) >= 11 is 1.69. The van der Waals surface area contributed by atoms with E-state index in [-0.39, 0.29) is 0 Å². The Labute approximate surface area is 183 Å². The van der Waals surface area contributed by atoms with Crippen LogP contribution in [0.15, 0.2) is 35.8 Å². The van der Waals surface area contributed by atoms with Crippen molar-refractivity contribution in [1.29, 1.82) is 0 Å². The molecule has 0 unspecified atom stereocenters. The first-order valence-corrected chi connectivity index (χ1v) is 11.1. The van der Waals surface area contributed by atoms with Gasteiger partial charge in [-0.15, -0.1) is 11.3 Å². The van der Waals surface area contributed by atoms with Crippen molar-refractivity contribution in [3.8, 4) is 17.3 Å². The summed E-state index contributed by atoms with van der Waals surface area (Å²) in [4.78, 5) is 27.4. The van der Waals surface area contributed by atoms with Crippen molar-refractivity contribution in [2.24, 2.45) is 5.73 Å². The van der Waals surface area contributed by atoms with E-state index in [0.717, 1.165) is 42.1 Å². The lowest BCUT2D eigenvalue weighted by Gasteiger charge is -2.15. The fourth-order valence-corrected chi connectivity index (χ4v) is 4.48. The van der Waals surface area contributed by atoms with Crippen LogP contribution in [0, 0.1) is 6.92 Å². The van der Waals surface area contributed by atoms with Crippen LogP contribution >= 0.6 is 11.3 Å². The molecule has 0 spiro atoms. The van der Waals surface area contributed by atoms with Crippen molar-refractivity contribution in [3.05, 3.63) is 57.7 Å². The minimum Gasteiger partial charge on any atom is -0.488 e. The lowest BCUT2D eigenvalue weighted by Crippen LogP contribution is -2.12. The molecule has 9 heteroatoms. The number of hydrogen-bond acceptors (Lipinski definition) is 7. The number of imidazole rings is 1. The third-order valence-corrected chi connectivity index (χ3v) is 6.18. The van der Waals surface area contributed by atoms with Gasteiger partial charge in [0.05, 0.1) is 30.1 Å². The molecule has 0 saturated heterocycles. The van der Waals surface area contributed by atoms with E-state index < -0.39 is 5.91 Å². The lowest BCUT2D eigenvalue weighted by atomic mass is 10.2. The molecule has 8 nitrogen and oxygen atoms in total. The van der Waals surface area contributed by atoms with E-state index in [0.29, 0.717) is 36.0 Å². The number of hydrogen-bond donors (Lipinski definition) is 2. The molecule has 0 radical (unpaired) electrons. The van der Waals surface area contributed by atoms with E-state index in [1.807, 2.05) is 23.6 Å². The van der Waals surface area contributed by atoms with Crippen molar-refractivity contribution >= 4 is 28.7 Å². The van der Waals surface area contributed by atoms with E-state index in [2.05, 4.69) is 21.7 Å². The van der Waals surface area contributed by atoms with Crippen molar-refractivity contribution in [3.63, 3.8) is 0 Å². The number of amides is 1. The summed E-state index contributed by atoms with van der Waals surface area (Å²) in [5.41, 5.74) is 8.77. The number of nitrogens with one attached hydrogen (secondary N) is 1. The highest BCUT2D eigenvalue weighted by atomic mass is 32.1. The van der Waals surface area contributed by atoms with Gasteiger partial charge in [0.1, 0.15) is 11.3 Å². The molecule has 31 heavy (non-hydrogen) atoms. The van der Waals surface area contributed by atoms with Crippen LogP contribution in [0.25, 0.3) is 17.2 Å². The van der Waals surface area contributed by atoms with Crippen molar-refractivity contribution < 1.29 is 9.53 Å². The summed E-state index contributed by atoms with van der Waals surface area (Å²) in [7, 11) is 0. The van der Waals surface area contributed by atoms with Gasteiger partial charge in [-0.1, -0.05) is 6.07 Å². The molecule has 4 aromatic heterocycles. The standard InChI is InChI=1S/C22H22N6O2S/c1-13-17(28-9-4-7-15(19(23)29)22(28)25-13)20-26-16-8-2-3-10-30-18(16)21(27-20)24-12-14-6-5-11-31-14/h4-7,9,11H,2-3,8,10,12H2,1H3,(H2,23,29)(H,24,26,27). The number of nitrogens with two attached hydrogens (primary N) is 1. The van der Waals surface area contributed by atoms with Crippen LogP contribution in [0.2, 0.25) is 0 Å². The zero-order valence-electron chi connectivity index (χ0n) is 17.1. The van der Waals surface area contributed by atoms with Gasteiger partial charge in [0.15, 0.2) is 17.4 Å². The minimum atomic E-state index is -0.517. The SMILES string of the molecule is Cc1nc2c(C(N)=O)cccn2c1-c1nc2c(c(NCc3cccs3)n1)OCCCC2. The first kappa shape index (κ1) is 19.5. The number of primary amides is 1. The Morgan fingerprint density at radius 3 is 2.97 bits per heavy atom. The number of anilines is 1. The van der Waals surface area contributed by atoms with Gasteiger partial charge in [-0.3, -0.25) is 9.20 Å². The Morgan fingerprint density at radius 1 is 1.26 bits per heavy atom. The number of pyridine rings is 1. The van der Waals surface area contributed by atoms with Gasteiger partial charge in [0.25, 0.3) is 5.91 Å². The summed E-state index contributed by atoms with van der Waals surface area (Å²) in [5, 5.41) is 5.49. The number of nitrogens with zero attached hydrogens (tertiary/aromatic N) is 4. The summed E-state index contributed by atoms with van der Waals surface area (Å²) in [6.45, 7) is 3.19. The Hall–Kier alpha value is -3.46. The maximum absolute atomic E-state index is 11.9. The Morgan fingerprint density at radius 2 is 2.16 bits per heavy atom. The van der Waals surface area contributed by atoms with Gasteiger partial charge >= 0.3 is 0 Å². The number of fused-ring (bicyclic) bond motifs is 2. The molecular formula is C22H22N6O2S. The fourth-order valence-electron chi connectivity index (χ4n) is 3.84. The van der Waals surface area contributed by atoms with Gasteiger partial charge < -0.3 is 15.8 Å². The zero-order chi connectivity index (χ0) is 21.4. The summed E-state index contributed by atoms with van der Waals surface area (Å²) < 4.78 is 7.85. The largest absolute Gasteiger partial charge is 0.488 e. The third-order valence-electron chi connectivity index (χ3n) is 5.30. The molecule has 1 amide bonds. The van der Waals surface area contributed by atoms with E-state index in [9.17, 15) is 4.79 Å². The van der Waals surface area contributed by atoms with Crippen molar-refractivity contribution in [2.75, 3.05) is 11.9 Å². The van der Waals surface area contributed by atoms with E-state index >= 15 is 0 Å². The molecule has 0 atom stereocenters. The number of thiophene rings is 1. The third kappa shape index (κ3) is 3.61. The molecule has 5 heterocycles. The van der Waals surface area contributed by atoms with E-state index in [1.165, 1.54) is 4.88 Å². The van der Waals surface area contributed by atoms with Crippen LogP contribution in [0.4, 0.5) is 5.82 Å². The highest BCUT2D eigenvalue weighted by molar-refractivity contribution is 7.09. The number of rotatable bonds is 5. The minimum absolute atomic E-state index is 0.367. The number of ether oxygens (including phenoxy) is 1. The Balaban J connectivity index is 1.65. The predicted molar refractivity (Wildman–Crippen MR) is 120 cm³/mol. The Kier molecular flexibility index (Phi) is 5.03. The van der Waals surface area contributed by atoms with Gasteiger partial charge in [-0.2, -0.15) is 0 Å². The van der Waals surface area contributed by atoms with Crippen molar-refractivity contribution in [1.82, 2.24) is 19.4 Å². The highest BCUT2D eigenvalue weighted by Crippen LogP contribution is 2.34. The van der Waals surface area contributed by atoms with E-state index in [4.69, 9.17) is 20.4 Å². The fraction of sp³-hybridized carbons (Fsp3) is 0.273. The van der Waals surface area contributed by atoms with Crippen LogP contribution in [-0.4, -0.2) is 31.9 Å². The summed E-state index contributed by atoms with van der Waals surface area (Å²) in [6, 6.07) is 7.56. The molecule has 0 saturated carbocycles. The van der Waals surface area contributed by atoms with Gasteiger partial charge in [-0.05, 0) is 49.8 Å². The molecule has 0 aliphatic carbocycles. The summed E-state index contributed by atoms with van der Waals surface area (Å²) in [5.74, 6) is 1.43. The van der Waals surface area contributed by atoms with Gasteiger partial charge in [0.2, 0.25) is 0 Å². The van der Waals surface area contributed by atoms with Gasteiger partial charge in [0, 0.05) is 11.1 Å². The average Bonchev–Trinajstić information content (AvgIpc) is 3.32. The molecule has 5 rings (SSSR count).